The van der Waals surface area contributed by atoms with E-state index in [2.05, 4.69) is 78.3 Å². The molecule has 0 aliphatic carbocycles. The van der Waals surface area contributed by atoms with Crippen molar-refractivity contribution in [1.29, 1.82) is 0 Å². The Morgan fingerprint density at radius 2 is 1.58 bits per heavy atom. The van der Waals surface area contributed by atoms with E-state index >= 15 is 0 Å². The summed E-state index contributed by atoms with van der Waals surface area (Å²) in [5.74, 6) is 1.09. The molecule has 2 bridgehead atoms. The maximum absolute atomic E-state index is 12.1. The van der Waals surface area contributed by atoms with Crippen LogP contribution in [-0.4, -0.2) is 33.7 Å². The fraction of sp³-hybridized carbons (Fsp3) is 0.265. The Kier molecular flexibility index (Phi) is 6.47. The molecule has 8 rings (SSSR count). The Morgan fingerprint density at radius 1 is 0.921 bits per heavy atom. The van der Waals surface area contributed by atoms with E-state index in [9.17, 15) is 5.11 Å². The zero-order valence-electron chi connectivity index (χ0n) is 21.5. The number of halogens is 1. The highest BCUT2D eigenvalue weighted by Crippen LogP contribution is 2.49. The first-order chi connectivity index (χ1) is 18.2. The van der Waals surface area contributed by atoms with Crippen LogP contribution in [0.25, 0.3) is 32.4 Å². The van der Waals surface area contributed by atoms with Gasteiger partial charge >= 0.3 is 0 Å². The van der Waals surface area contributed by atoms with Crippen molar-refractivity contribution in [2.24, 2.45) is 11.8 Å². The number of pyridine rings is 1. The van der Waals surface area contributed by atoms with Gasteiger partial charge in [-0.25, -0.2) is 0 Å². The van der Waals surface area contributed by atoms with Gasteiger partial charge in [0, 0.05) is 35.9 Å². The summed E-state index contributed by atoms with van der Waals surface area (Å²) >= 11 is 0. The first kappa shape index (κ1) is 25.1. The lowest BCUT2D eigenvalue weighted by Gasteiger charge is -2.58. The smallest absolute Gasteiger partial charge is 0.131 e. The maximum atomic E-state index is 12.1. The van der Waals surface area contributed by atoms with Crippen LogP contribution in [0.4, 0.5) is 0 Å². The van der Waals surface area contributed by atoms with Crippen molar-refractivity contribution in [3.63, 3.8) is 0 Å². The standard InChI is InChI=1S/C34H33N2O.ClH/c1-2-23-21-36(22-31-27-11-5-3-9-25(27)19-26-10-4-6-12-28(26)31)18-16-24(23)20-33(36)34(37)30-15-17-35-32-14-8-7-13-29(30)32;/h2-15,17,19,23-24,33-34,37H,1,16,18,20-22H2;1H/q+1;/p-1/t23?,24?,33-,34+,36?;/m0./s1. The van der Waals surface area contributed by atoms with Crippen LogP contribution in [-0.2, 0) is 6.54 Å². The van der Waals surface area contributed by atoms with Crippen LogP contribution >= 0.6 is 0 Å². The van der Waals surface area contributed by atoms with Gasteiger partial charge in [0.1, 0.15) is 18.7 Å². The second kappa shape index (κ2) is 9.81. The molecule has 4 heteroatoms. The van der Waals surface area contributed by atoms with Crippen LogP contribution < -0.4 is 12.4 Å². The highest BCUT2D eigenvalue weighted by Gasteiger charge is 2.54. The number of para-hydroxylation sites is 1. The molecule has 3 nitrogen and oxygen atoms in total. The van der Waals surface area contributed by atoms with Crippen molar-refractivity contribution in [3.8, 4) is 0 Å². The quantitative estimate of drug-likeness (QED) is 0.214. The number of rotatable bonds is 5. The molecule has 5 aromatic rings. The Morgan fingerprint density at radius 3 is 2.29 bits per heavy atom. The summed E-state index contributed by atoms with van der Waals surface area (Å²) < 4.78 is 0.906. The zero-order valence-corrected chi connectivity index (χ0v) is 22.3. The number of benzene rings is 4. The molecule has 1 N–H and O–H groups in total. The van der Waals surface area contributed by atoms with Crippen molar-refractivity contribution < 1.29 is 22.0 Å². The maximum Gasteiger partial charge on any atom is 0.131 e. The van der Waals surface area contributed by atoms with Crippen molar-refractivity contribution in [1.82, 2.24) is 4.98 Å². The molecule has 38 heavy (non-hydrogen) atoms. The molecule has 3 saturated heterocycles. The van der Waals surface area contributed by atoms with Crippen LogP contribution in [0, 0.1) is 11.8 Å². The van der Waals surface area contributed by atoms with Crippen LogP contribution in [0.1, 0.15) is 30.1 Å². The molecule has 0 saturated carbocycles. The number of aromatic nitrogens is 1. The van der Waals surface area contributed by atoms with Crippen LogP contribution in [0.2, 0.25) is 0 Å². The highest BCUT2D eigenvalue weighted by atomic mass is 35.5. The molecule has 3 aliphatic rings. The predicted octanol–water partition coefficient (Wildman–Crippen LogP) is 4.19. The number of hydrogen-bond acceptors (Lipinski definition) is 2. The van der Waals surface area contributed by atoms with Crippen molar-refractivity contribution in [2.45, 2.75) is 31.5 Å². The molecule has 4 aromatic carbocycles. The van der Waals surface area contributed by atoms with E-state index in [4.69, 9.17) is 0 Å². The van der Waals surface area contributed by atoms with E-state index < -0.39 is 6.10 Å². The minimum atomic E-state index is -0.539. The minimum absolute atomic E-state index is 0. The SMILES string of the molecule is C=CC1C[N+]2(Cc3c4ccccc4cc4ccccc34)CCC1C[C@H]2[C@H](O)c1ccnc2ccccc12.[Cl-]. The van der Waals surface area contributed by atoms with Crippen LogP contribution in [0.3, 0.4) is 0 Å². The van der Waals surface area contributed by atoms with Gasteiger partial charge in [-0.2, -0.15) is 0 Å². The highest BCUT2D eigenvalue weighted by molar-refractivity contribution is 6.02. The summed E-state index contributed by atoms with van der Waals surface area (Å²) in [7, 11) is 0. The van der Waals surface area contributed by atoms with Gasteiger partial charge in [-0.15, -0.1) is 6.58 Å². The van der Waals surface area contributed by atoms with Crippen LogP contribution in [0.15, 0.2) is 104 Å². The second-order valence-electron chi connectivity index (χ2n) is 11.2. The first-order valence-corrected chi connectivity index (χ1v) is 13.6. The lowest BCUT2D eigenvalue weighted by atomic mass is 9.71. The van der Waals surface area contributed by atoms with Crippen molar-refractivity contribution >= 4 is 32.4 Å². The van der Waals surface area contributed by atoms with E-state index in [1.165, 1.54) is 33.5 Å². The molecule has 3 aliphatic heterocycles. The molecule has 0 radical (unpaired) electrons. The van der Waals surface area contributed by atoms with Gasteiger partial charge in [0.05, 0.1) is 18.6 Å². The monoisotopic (exact) mass is 520 g/mol. The second-order valence-corrected chi connectivity index (χ2v) is 11.2. The Labute approximate surface area is 230 Å². The Balaban J connectivity index is 0.00000264. The summed E-state index contributed by atoms with van der Waals surface area (Å²) in [6.45, 7) is 7.28. The normalized spacial score (nSPS) is 25.3. The van der Waals surface area contributed by atoms with E-state index in [1.54, 1.807) is 0 Å². The van der Waals surface area contributed by atoms with E-state index in [1.807, 2.05) is 30.5 Å². The summed E-state index contributed by atoms with van der Waals surface area (Å²) in [4.78, 5) is 4.57. The molecule has 1 aromatic heterocycles. The molecular weight excluding hydrogens is 488 g/mol. The summed E-state index contributed by atoms with van der Waals surface area (Å²) in [5.41, 5.74) is 3.37. The number of aliphatic hydroxyl groups is 1. The number of aliphatic hydroxyl groups excluding tert-OH is 1. The number of nitrogens with zero attached hydrogens (tertiary/aromatic N) is 2. The third-order valence-electron chi connectivity index (χ3n) is 9.40. The van der Waals surface area contributed by atoms with Gasteiger partial charge in [0.15, 0.2) is 0 Å². The van der Waals surface area contributed by atoms with E-state index in [0.29, 0.717) is 11.8 Å². The average molecular weight is 521 g/mol. The Hall–Kier alpha value is -3.24. The van der Waals surface area contributed by atoms with Gasteiger partial charge in [-0.3, -0.25) is 4.98 Å². The molecule has 192 valence electrons. The number of piperidine rings is 3. The predicted molar refractivity (Wildman–Crippen MR) is 152 cm³/mol. The lowest BCUT2D eigenvalue weighted by molar-refractivity contribution is -0.984. The zero-order chi connectivity index (χ0) is 25.0. The molecule has 3 fully saturated rings. The summed E-state index contributed by atoms with van der Waals surface area (Å²) in [5, 5.41) is 18.4. The van der Waals surface area contributed by atoms with E-state index in [0.717, 1.165) is 47.0 Å². The molecule has 0 spiro atoms. The minimum Gasteiger partial charge on any atom is -1.00 e. The molecule has 5 atom stereocenters. The fourth-order valence-electron chi connectivity index (χ4n) is 7.56. The lowest BCUT2D eigenvalue weighted by Crippen LogP contribution is -3.00. The van der Waals surface area contributed by atoms with Crippen molar-refractivity contribution in [3.05, 3.63) is 115 Å². The summed E-state index contributed by atoms with van der Waals surface area (Å²) in [6, 6.07) is 30.3. The number of hydrogen-bond donors (Lipinski definition) is 1. The number of fused-ring (bicyclic) bond motifs is 6. The third kappa shape index (κ3) is 3.92. The third-order valence-corrected chi connectivity index (χ3v) is 9.40. The Bertz CT molecular complexity index is 1590. The largest absolute Gasteiger partial charge is 1.00 e. The molecule has 0 amide bonds. The van der Waals surface area contributed by atoms with Gasteiger partial charge in [-0.05, 0) is 51.2 Å². The average Bonchev–Trinajstić information content (AvgIpc) is 2.96. The van der Waals surface area contributed by atoms with Gasteiger partial charge < -0.3 is 22.0 Å². The summed E-state index contributed by atoms with van der Waals surface area (Å²) in [6.07, 6.45) is 5.72. The van der Waals surface area contributed by atoms with Gasteiger partial charge in [0.25, 0.3) is 0 Å². The fourth-order valence-corrected chi connectivity index (χ4v) is 7.56. The molecule has 4 heterocycles. The van der Waals surface area contributed by atoms with Gasteiger partial charge in [0.2, 0.25) is 0 Å². The first-order valence-electron chi connectivity index (χ1n) is 13.6. The molecular formula is C34H33ClN2O. The topological polar surface area (TPSA) is 33.1 Å². The van der Waals surface area contributed by atoms with Crippen molar-refractivity contribution in [2.75, 3.05) is 13.1 Å². The van der Waals surface area contributed by atoms with E-state index in [-0.39, 0.29) is 18.4 Å². The van der Waals surface area contributed by atoms with Crippen LogP contribution in [0.5, 0.6) is 0 Å². The van der Waals surface area contributed by atoms with Gasteiger partial charge in [-0.1, -0.05) is 72.8 Å². The number of quaternary nitrogens is 1. The molecule has 3 unspecified atom stereocenters.